The molecule has 0 atom stereocenters. The van der Waals surface area contributed by atoms with E-state index in [1.54, 1.807) is 5.48 Å². The van der Waals surface area contributed by atoms with Gasteiger partial charge >= 0.3 is 10.4 Å². The number of carbonyl (C=O) groups excluding carboxylic acids is 1. The van der Waals surface area contributed by atoms with Gasteiger partial charge in [-0.05, 0) is 12.8 Å². The number of hydroxylamine groups is 1. The van der Waals surface area contributed by atoms with E-state index in [2.05, 4.69) is 4.28 Å². The van der Waals surface area contributed by atoms with Gasteiger partial charge in [-0.1, -0.05) is 19.3 Å². The first kappa shape index (κ1) is 11.4. The molecule has 0 unspecified atom stereocenters. The summed E-state index contributed by atoms with van der Waals surface area (Å²) in [5.41, 5.74) is 1.72. The molecule has 14 heavy (non-hydrogen) atoms. The number of rotatable bonds is 3. The van der Waals surface area contributed by atoms with Gasteiger partial charge in [-0.15, -0.1) is 4.28 Å². The Morgan fingerprint density at radius 1 is 1.29 bits per heavy atom. The third-order valence-corrected chi connectivity index (χ3v) is 2.52. The van der Waals surface area contributed by atoms with Crippen molar-refractivity contribution in [2.24, 2.45) is 5.92 Å². The van der Waals surface area contributed by atoms with Crippen molar-refractivity contribution in [3.8, 4) is 0 Å². The van der Waals surface area contributed by atoms with Gasteiger partial charge < -0.3 is 0 Å². The maximum atomic E-state index is 11.2. The van der Waals surface area contributed by atoms with Crippen molar-refractivity contribution in [2.75, 3.05) is 0 Å². The molecule has 1 rings (SSSR count). The molecule has 1 aliphatic rings. The van der Waals surface area contributed by atoms with Crippen molar-refractivity contribution in [1.82, 2.24) is 5.48 Å². The van der Waals surface area contributed by atoms with E-state index in [4.69, 9.17) is 4.55 Å². The average molecular weight is 223 g/mol. The summed E-state index contributed by atoms with van der Waals surface area (Å²) in [4.78, 5) is 11.2. The Bertz CT molecular complexity index is 293. The second-order valence-electron chi connectivity index (χ2n) is 3.31. The van der Waals surface area contributed by atoms with E-state index in [1.165, 1.54) is 0 Å². The first-order chi connectivity index (χ1) is 6.49. The van der Waals surface area contributed by atoms with Crippen molar-refractivity contribution < 1.29 is 22.0 Å². The van der Waals surface area contributed by atoms with Gasteiger partial charge in [0.25, 0.3) is 0 Å². The maximum absolute atomic E-state index is 11.2. The molecule has 0 heterocycles. The number of amides is 1. The molecule has 0 aromatic rings. The van der Waals surface area contributed by atoms with Crippen molar-refractivity contribution >= 4 is 16.3 Å². The third kappa shape index (κ3) is 4.03. The predicted molar refractivity (Wildman–Crippen MR) is 47.4 cm³/mol. The third-order valence-electron chi connectivity index (χ3n) is 2.22. The Labute approximate surface area is 82.5 Å². The van der Waals surface area contributed by atoms with Crippen molar-refractivity contribution in [1.29, 1.82) is 0 Å². The minimum atomic E-state index is -4.59. The lowest BCUT2D eigenvalue weighted by atomic mass is 9.89. The van der Waals surface area contributed by atoms with Crippen LogP contribution in [-0.4, -0.2) is 18.9 Å². The molecule has 2 N–H and O–H groups in total. The lowest BCUT2D eigenvalue weighted by Crippen LogP contribution is -2.33. The topological polar surface area (TPSA) is 92.7 Å². The van der Waals surface area contributed by atoms with Crippen molar-refractivity contribution in [3.63, 3.8) is 0 Å². The highest BCUT2D eigenvalue weighted by atomic mass is 32.3. The molecule has 0 aromatic heterocycles. The summed E-state index contributed by atoms with van der Waals surface area (Å²) in [6, 6.07) is 0. The minimum Gasteiger partial charge on any atom is -0.272 e. The Kier molecular flexibility index (Phi) is 3.85. The summed E-state index contributed by atoms with van der Waals surface area (Å²) in [6.45, 7) is 0. The number of nitrogens with one attached hydrogen (secondary N) is 1. The zero-order valence-corrected chi connectivity index (χ0v) is 8.42. The highest BCUT2D eigenvalue weighted by Crippen LogP contribution is 2.23. The molecule has 0 bridgehead atoms. The van der Waals surface area contributed by atoms with Crippen LogP contribution in [-0.2, 0) is 19.5 Å². The normalized spacial score (nSPS) is 19.2. The van der Waals surface area contributed by atoms with Crippen LogP contribution in [0.4, 0.5) is 0 Å². The van der Waals surface area contributed by atoms with Crippen molar-refractivity contribution in [3.05, 3.63) is 0 Å². The van der Waals surface area contributed by atoms with E-state index in [-0.39, 0.29) is 5.92 Å². The molecule has 82 valence electrons. The number of hydrogen-bond acceptors (Lipinski definition) is 4. The van der Waals surface area contributed by atoms with Gasteiger partial charge in [0.15, 0.2) is 0 Å². The summed E-state index contributed by atoms with van der Waals surface area (Å²) < 4.78 is 32.2. The Hall–Kier alpha value is -0.660. The number of hydrogen-bond donors (Lipinski definition) is 2. The highest BCUT2D eigenvalue weighted by Gasteiger charge is 2.22. The monoisotopic (exact) mass is 223 g/mol. The van der Waals surface area contributed by atoms with Crippen LogP contribution >= 0.6 is 0 Å². The Morgan fingerprint density at radius 3 is 2.36 bits per heavy atom. The van der Waals surface area contributed by atoms with Crippen LogP contribution in [0, 0.1) is 5.92 Å². The Balaban J connectivity index is 2.34. The summed E-state index contributed by atoms with van der Waals surface area (Å²) in [5, 5.41) is 0. The van der Waals surface area contributed by atoms with Gasteiger partial charge in [-0.2, -0.15) is 8.42 Å². The van der Waals surface area contributed by atoms with E-state index in [9.17, 15) is 13.2 Å². The van der Waals surface area contributed by atoms with Gasteiger partial charge in [0.05, 0.1) is 0 Å². The molecule has 0 spiro atoms. The molecule has 0 aromatic carbocycles. The SMILES string of the molecule is O=C(NOS(=O)(=O)O)C1CCCCC1. The molecule has 1 saturated carbocycles. The van der Waals surface area contributed by atoms with Crippen molar-refractivity contribution in [2.45, 2.75) is 32.1 Å². The number of carbonyl (C=O) groups is 1. The van der Waals surface area contributed by atoms with Crippen LogP contribution in [0.15, 0.2) is 0 Å². The van der Waals surface area contributed by atoms with E-state index >= 15 is 0 Å². The molecular weight excluding hydrogens is 210 g/mol. The fraction of sp³-hybridized carbons (Fsp3) is 0.857. The summed E-state index contributed by atoms with van der Waals surface area (Å²) >= 11 is 0. The zero-order valence-electron chi connectivity index (χ0n) is 7.60. The summed E-state index contributed by atoms with van der Waals surface area (Å²) in [7, 11) is -4.59. The van der Waals surface area contributed by atoms with E-state index in [1.807, 2.05) is 0 Å². The van der Waals surface area contributed by atoms with E-state index in [0.29, 0.717) is 0 Å². The lowest BCUT2D eigenvalue weighted by molar-refractivity contribution is -0.132. The Morgan fingerprint density at radius 2 is 1.86 bits per heavy atom. The van der Waals surface area contributed by atoms with Crippen LogP contribution in [0.25, 0.3) is 0 Å². The lowest BCUT2D eigenvalue weighted by Gasteiger charge is -2.19. The molecule has 0 radical (unpaired) electrons. The van der Waals surface area contributed by atoms with Gasteiger partial charge in [-0.3, -0.25) is 9.35 Å². The van der Waals surface area contributed by atoms with Crippen LogP contribution in [0.5, 0.6) is 0 Å². The molecule has 7 heteroatoms. The quantitative estimate of drug-likeness (QED) is 0.534. The fourth-order valence-electron chi connectivity index (χ4n) is 1.54. The van der Waals surface area contributed by atoms with Crippen LogP contribution < -0.4 is 5.48 Å². The average Bonchev–Trinajstić information content (AvgIpc) is 2.14. The molecule has 1 amide bonds. The van der Waals surface area contributed by atoms with Crippen LogP contribution in [0.3, 0.4) is 0 Å². The van der Waals surface area contributed by atoms with Crippen LogP contribution in [0.2, 0.25) is 0 Å². The van der Waals surface area contributed by atoms with Gasteiger partial charge in [-0.25, -0.2) is 5.48 Å². The fourth-order valence-corrected chi connectivity index (χ4v) is 1.73. The van der Waals surface area contributed by atoms with E-state index in [0.717, 1.165) is 32.1 Å². The smallest absolute Gasteiger partial charge is 0.272 e. The largest absolute Gasteiger partial charge is 0.418 e. The molecular formula is C7H13NO5S. The molecule has 6 nitrogen and oxygen atoms in total. The summed E-state index contributed by atoms with van der Waals surface area (Å²) in [6.07, 6.45) is 4.50. The molecule has 1 aliphatic carbocycles. The molecule has 1 fully saturated rings. The molecule has 0 aliphatic heterocycles. The first-order valence-corrected chi connectivity index (χ1v) is 5.81. The molecule has 0 saturated heterocycles. The zero-order chi connectivity index (χ0) is 10.6. The maximum Gasteiger partial charge on any atom is 0.418 e. The van der Waals surface area contributed by atoms with Crippen LogP contribution in [0.1, 0.15) is 32.1 Å². The second-order valence-corrected chi connectivity index (χ2v) is 4.33. The second kappa shape index (κ2) is 4.72. The van der Waals surface area contributed by atoms with Gasteiger partial charge in [0.1, 0.15) is 0 Å². The van der Waals surface area contributed by atoms with Gasteiger partial charge in [0.2, 0.25) is 5.91 Å². The van der Waals surface area contributed by atoms with E-state index < -0.39 is 16.3 Å². The standard InChI is InChI=1S/C7H13NO5S/c9-7(8-13-14(10,11)12)6-4-2-1-3-5-6/h6H,1-5H2,(H,8,9)(H,10,11,12). The van der Waals surface area contributed by atoms with Gasteiger partial charge in [0, 0.05) is 5.92 Å². The first-order valence-electron chi connectivity index (χ1n) is 4.45. The summed E-state index contributed by atoms with van der Waals surface area (Å²) in [5.74, 6) is -0.687. The highest BCUT2D eigenvalue weighted by molar-refractivity contribution is 7.80. The minimum absolute atomic E-state index is 0.203. The predicted octanol–water partition coefficient (Wildman–Crippen LogP) is 0.417.